The molecule has 280 valence electrons. The summed E-state index contributed by atoms with van der Waals surface area (Å²) in [5.74, 6) is -9.42. The van der Waals surface area contributed by atoms with E-state index in [4.69, 9.17) is 10.5 Å². The van der Waals surface area contributed by atoms with Gasteiger partial charge in [0.2, 0.25) is 18.0 Å². The van der Waals surface area contributed by atoms with Crippen molar-refractivity contribution in [2.75, 3.05) is 11.1 Å². The van der Waals surface area contributed by atoms with E-state index >= 15 is 0 Å². The van der Waals surface area contributed by atoms with Crippen LogP contribution in [0.4, 0.5) is 36.4 Å². The summed E-state index contributed by atoms with van der Waals surface area (Å²) in [6, 6.07) is 8.65. The van der Waals surface area contributed by atoms with E-state index in [2.05, 4.69) is 20.3 Å². The van der Waals surface area contributed by atoms with Crippen molar-refractivity contribution in [2.24, 2.45) is 22.6 Å². The molecule has 2 aromatic rings. The summed E-state index contributed by atoms with van der Waals surface area (Å²) in [7, 11) is 0. The zero-order chi connectivity index (χ0) is 38.3. The highest BCUT2D eigenvalue weighted by molar-refractivity contribution is 7.98. The zero-order valence-corrected chi connectivity index (χ0v) is 28.8. The van der Waals surface area contributed by atoms with Crippen molar-refractivity contribution >= 4 is 47.0 Å². The van der Waals surface area contributed by atoms with Crippen molar-refractivity contribution in [3.63, 3.8) is 0 Å². The van der Waals surface area contributed by atoms with E-state index in [9.17, 15) is 49.9 Å². The van der Waals surface area contributed by atoms with E-state index in [0.717, 1.165) is 12.1 Å². The monoisotopic (exact) mass is 749 g/mol. The van der Waals surface area contributed by atoms with Crippen LogP contribution >= 0.6 is 11.9 Å². The highest BCUT2D eigenvalue weighted by Crippen LogP contribution is 2.34. The Kier molecular flexibility index (Phi) is 13.7. The third-order valence-electron chi connectivity index (χ3n) is 7.44. The summed E-state index contributed by atoms with van der Waals surface area (Å²) in [5.41, 5.74) is 6.20. The number of benzene rings is 2. The first-order chi connectivity index (χ1) is 23.5. The third-order valence-corrected chi connectivity index (χ3v) is 8.31. The Hall–Kier alpha value is -4.19. The standard InChI is InChI=1S/C33H38F7N5O5S/c1-17-7-5-10-22-24(17)43-29(48)26(42-25(22)18-8-6-9-19(34)15-18)44-27(46)20(11-13-32(35,36)37)21(12-14-33(38,39)40)28(47)45-51-16-23(41)30(49)50-31(2,3)4/h5-10,15,20-21,23,26H,11-14,16,41H2,1-4H3,(H,43,48)(H,44,46)(H,45,47). The molecule has 2 aromatic carbocycles. The summed E-state index contributed by atoms with van der Waals surface area (Å²) in [5, 5.41) is 4.80. The van der Waals surface area contributed by atoms with Crippen LogP contribution in [0, 0.1) is 24.6 Å². The number of para-hydroxylation sites is 1. The van der Waals surface area contributed by atoms with Crippen LogP contribution in [0.25, 0.3) is 0 Å². The van der Waals surface area contributed by atoms with E-state index < -0.39 is 97.2 Å². The van der Waals surface area contributed by atoms with Crippen LogP contribution in [0.5, 0.6) is 0 Å². The summed E-state index contributed by atoms with van der Waals surface area (Å²) in [4.78, 5) is 57.0. The Morgan fingerprint density at radius 1 is 0.961 bits per heavy atom. The highest BCUT2D eigenvalue weighted by Gasteiger charge is 2.41. The van der Waals surface area contributed by atoms with Crippen LogP contribution in [-0.4, -0.2) is 65.3 Å². The molecule has 0 aromatic heterocycles. The number of fused-ring (bicyclic) bond motifs is 1. The highest BCUT2D eigenvalue weighted by atomic mass is 32.2. The van der Waals surface area contributed by atoms with Gasteiger partial charge in [-0.15, -0.1) is 0 Å². The quantitative estimate of drug-likeness (QED) is 0.116. The van der Waals surface area contributed by atoms with Crippen LogP contribution < -0.4 is 21.1 Å². The van der Waals surface area contributed by atoms with Gasteiger partial charge in [0.05, 0.1) is 17.3 Å². The second-order valence-electron chi connectivity index (χ2n) is 12.8. The maximum Gasteiger partial charge on any atom is 0.389 e. The van der Waals surface area contributed by atoms with Crippen LogP contribution in [0.2, 0.25) is 0 Å². The van der Waals surface area contributed by atoms with Gasteiger partial charge in [-0.05, 0) is 70.2 Å². The van der Waals surface area contributed by atoms with Gasteiger partial charge < -0.3 is 21.1 Å². The minimum absolute atomic E-state index is 0.0211. The molecule has 0 radical (unpaired) electrons. The SMILES string of the molecule is Cc1cccc2c1NC(=O)C(NC(=O)C(CCC(F)(F)F)C(CCC(F)(F)F)C(=O)NSCC(N)C(=O)OC(C)(C)C)N=C2c1cccc(F)c1. The largest absolute Gasteiger partial charge is 0.459 e. The maximum absolute atomic E-state index is 14.3. The van der Waals surface area contributed by atoms with E-state index in [1.165, 1.54) is 12.1 Å². The fraction of sp³-hybridized carbons (Fsp3) is 0.485. The minimum atomic E-state index is -4.87. The number of alkyl halides is 6. The number of hydrogen-bond acceptors (Lipinski definition) is 8. The van der Waals surface area contributed by atoms with Gasteiger partial charge in [0.15, 0.2) is 0 Å². The number of nitrogens with zero attached hydrogens (tertiary/aromatic N) is 1. The molecular formula is C33H38F7N5O5S. The molecule has 0 aliphatic carbocycles. The van der Waals surface area contributed by atoms with E-state index in [0.29, 0.717) is 23.1 Å². The molecule has 0 fully saturated rings. The number of benzodiazepines with no additional fused rings is 1. The number of esters is 1. The molecule has 18 heteroatoms. The molecule has 0 bridgehead atoms. The van der Waals surface area contributed by atoms with Gasteiger partial charge in [-0.1, -0.05) is 30.3 Å². The molecule has 3 rings (SSSR count). The van der Waals surface area contributed by atoms with Crippen molar-refractivity contribution in [3.05, 3.63) is 65.0 Å². The van der Waals surface area contributed by atoms with E-state index in [1.807, 2.05) is 0 Å². The lowest BCUT2D eigenvalue weighted by Gasteiger charge is -2.27. The van der Waals surface area contributed by atoms with E-state index in [1.54, 1.807) is 45.9 Å². The Bertz CT molecular complexity index is 1630. The van der Waals surface area contributed by atoms with Gasteiger partial charge in [0.1, 0.15) is 17.5 Å². The molecule has 1 aliphatic rings. The Morgan fingerprint density at radius 3 is 2.12 bits per heavy atom. The second-order valence-corrected chi connectivity index (χ2v) is 13.7. The number of aliphatic imine (C=N–C) groups is 1. The van der Waals surface area contributed by atoms with Crippen LogP contribution in [0.15, 0.2) is 47.5 Å². The lowest BCUT2D eigenvalue weighted by Crippen LogP contribution is -2.48. The summed E-state index contributed by atoms with van der Waals surface area (Å²) >= 11 is 0.493. The molecule has 10 nitrogen and oxygen atoms in total. The van der Waals surface area contributed by atoms with Gasteiger partial charge in [0, 0.05) is 35.6 Å². The number of anilines is 1. The zero-order valence-electron chi connectivity index (χ0n) is 28.0. The van der Waals surface area contributed by atoms with Crippen molar-refractivity contribution in [1.82, 2.24) is 10.0 Å². The number of aryl methyl sites for hydroxylation is 1. The van der Waals surface area contributed by atoms with E-state index in [-0.39, 0.29) is 22.7 Å². The normalized spacial score (nSPS) is 16.8. The molecule has 0 saturated heterocycles. The van der Waals surface area contributed by atoms with Gasteiger partial charge in [-0.25, -0.2) is 9.38 Å². The van der Waals surface area contributed by atoms with Crippen molar-refractivity contribution in [3.8, 4) is 0 Å². The summed E-state index contributed by atoms with van der Waals surface area (Å²) in [6.45, 7) is 6.39. The smallest absolute Gasteiger partial charge is 0.389 e. The maximum atomic E-state index is 14.3. The predicted octanol–water partition coefficient (Wildman–Crippen LogP) is 5.72. The first-order valence-electron chi connectivity index (χ1n) is 15.6. The number of rotatable bonds is 13. The lowest BCUT2D eigenvalue weighted by atomic mass is 9.83. The van der Waals surface area contributed by atoms with Crippen molar-refractivity contribution < 1.29 is 54.6 Å². The van der Waals surface area contributed by atoms with Gasteiger partial charge in [-0.2, -0.15) is 26.3 Å². The summed E-state index contributed by atoms with van der Waals surface area (Å²) in [6.07, 6.45) is -17.1. The Labute approximate surface area is 293 Å². The molecule has 4 atom stereocenters. The number of ether oxygens (including phenoxy) is 1. The molecular weight excluding hydrogens is 711 g/mol. The third kappa shape index (κ3) is 12.8. The fourth-order valence-corrected chi connectivity index (χ4v) is 5.77. The molecule has 0 spiro atoms. The molecule has 51 heavy (non-hydrogen) atoms. The fourth-order valence-electron chi connectivity index (χ4n) is 5.08. The number of amides is 3. The second kappa shape index (κ2) is 16.9. The number of carbonyl (C=O) groups is 4. The molecule has 1 aliphatic heterocycles. The lowest BCUT2D eigenvalue weighted by molar-refractivity contribution is -0.156. The predicted molar refractivity (Wildman–Crippen MR) is 176 cm³/mol. The average molecular weight is 750 g/mol. The van der Waals surface area contributed by atoms with Crippen LogP contribution in [0.1, 0.15) is 63.1 Å². The molecule has 1 heterocycles. The van der Waals surface area contributed by atoms with Crippen molar-refractivity contribution in [2.45, 2.75) is 83.5 Å². The van der Waals surface area contributed by atoms with Gasteiger partial charge >= 0.3 is 18.3 Å². The molecule has 0 saturated carbocycles. The summed E-state index contributed by atoms with van der Waals surface area (Å²) < 4.78 is 102. The topological polar surface area (TPSA) is 152 Å². The number of halogens is 7. The first kappa shape index (κ1) is 41.2. The number of nitrogens with one attached hydrogen (secondary N) is 3. The minimum Gasteiger partial charge on any atom is -0.459 e. The van der Waals surface area contributed by atoms with Crippen LogP contribution in [-0.2, 0) is 23.9 Å². The van der Waals surface area contributed by atoms with Crippen LogP contribution in [0.3, 0.4) is 0 Å². The molecule has 3 amide bonds. The number of nitrogens with two attached hydrogens (primary N) is 1. The van der Waals surface area contributed by atoms with Crippen molar-refractivity contribution in [1.29, 1.82) is 0 Å². The van der Waals surface area contributed by atoms with Gasteiger partial charge in [0.25, 0.3) is 5.91 Å². The molecule has 4 unspecified atom stereocenters. The number of carbonyl (C=O) groups excluding carboxylic acids is 4. The molecule has 5 N–H and O–H groups in total. The average Bonchev–Trinajstić information content (AvgIpc) is 3.13. The Morgan fingerprint density at radius 2 is 1.55 bits per heavy atom. The number of hydrogen-bond donors (Lipinski definition) is 4. The Balaban J connectivity index is 1.96. The first-order valence-corrected chi connectivity index (χ1v) is 16.6. The van der Waals surface area contributed by atoms with Gasteiger partial charge in [-0.3, -0.25) is 23.9 Å².